The van der Waals surface area contributed by atoms with Gasteiger partial charge in [0, 0.05) is 31.9 Å². The maximum atomic E-state index is 5.22. The van der Waals surface area contributed by atoms with E-state index >= 15 is 0 Å². The number of piperidine rings is 1. The number of nitrogens with one attached hydrogen (secondary N) is 1. The Hall–Kier alpha value is -2.18. The predicted molar refractivity (Wildman–Crippen MR) is 107 cm³/mol. The summed E-state index contributed by atoms with van der Waals surface area (Å²) in [5.74, 6) is 0.922. The van der Waals surface area contributed by atoms with Gasteiger partial charge in [-0.3, -0.25) is 0 Å². The van der Waals surface area contributed by atoms with Gasteiger partial charge in [-0.25, -0.2) is 9.97 Å². The highest BCUT2D eigenvalue weighted by Gasteiger charge is 2.20. The summed E-state index contributed by atoms with van der Waals surface area (Å²) in [7, 11) is 1.71. The van der Waals surface area contributed by atoms with E-state index in [9.17, 15) is 0 Å². The van der Waals surface area contributed by atoms with Gasteiger partial charge >= 0.3 is 0 Å². The lowest BCUT2D eigenvalue weighted by molar-refractivity contribution is 0.221. The van der Waals surface area contributed by atoms with Crippen LogP contribution in [0.5, 0.6) is 5.75 Å². The number of hydrogen-bond donors (Lipinski definition) is 1. The minimum Gasteiger partial charge on any atom is -0.497 e. The number of ether oxygens (including phenoxy) is 1. The summed E-state index contributed by atoms with van der Waals surface area (Å²) < 4.78 is 5.22. The van der Waals surface area contributed by atoms with Gasteiger partial charge in [0.2, 0.25) is 0 Å². The van der Waals surface area contributed by atoms with Crippen molar-refractivity contribution in [1.82, 2.24) is 14.9 Å². The second kappa shape index (κ2) is 8.01. The van der Waals surface area contributed by atoms with Gasteiger partial charge in [0.15, 0.2) is 5.13 Å². The molecule has 0 spiro atoms. The van der Waals surface area contributed by atoms with E-state index in [1.807, 2.05) is 30.5 Å². The Morgan fingerprint density at radius 3 is 2.73 bits per heavy atom. The first-order valence-electron chi connectivity index (χ1n) is 9.13. The standard InChI is InChI=1S/C20H24N4OS/c1-25-17-6-4-15(5-7-17)8-12-24-13-9-16(10-14-24)22-20-23-18-3-2-11-21-19(18)26-20/h2-7,11,16H,8-10,12-14H2,1H3,(H,22,23). The maximum Gasteiger partial charge on any atom is 0.185 e. The van der Waals surface area contributed by atoms with Gasteiger partial charge in [-0.15, -0.1) is 0 Å². The molecule has 0 saturated carbocycles. The van der Waals surface area contributed by atoms with E-state index in [1.54, 1.807) is 18.4 Å². The number of methoxy groups -OCH3 is 1. The topological polar surface area (TPSA) is 50.3 Å². The van der Waals surface area contributed by atoms with Gasteiger partial charge in [0.25, 0.3) is 0 Å². The zero-order valence-corrected chi connectivity index (χ0v) is 15.8. The molecule has 1 saturated heterocycles. The number of benzene rings is 1. The molecule has 1 N–H and O–H groups in total. The first-order valence-corrected chi connectivity index (χ1v) is 9.95. The molecule has 2 aromatic heterocycles. The van der Waals surface area contributed by atoms with Gasteiger partial charge in [0.1, 0.15) is 16.1 Å². The molecule has 3 aromatic rings. The van der Waals surface area contributed by atoms with Crippen molar-refractivity contribution in [3.8, 4) is 5.75 Å². The van der Waals surface area contributed by atoms with Crippen molar-refractivity contribution in [1.29, 1.82) is 0 Å². The highest BCUT2D eigenvalue weighted by atomic mass is 32.1. The average Bonchev–Trinajstić information content (AvgIpc) is 3.10. The minimum absolute atomic E-state index is 0.507. The van der Waals surface area contributed by atoms with Crippen LogP contribution in [0, 0.1) is 0 Å². The lowest BCUT2D eigenvalue weighted by Crippen LogP contribution is -2.40. The minimum atomic E-state index is 0.507. The summed E-state index contributed by atoms with van der Waals surface area (Å²) in [5, 5.41) is 4.60. The van der Waals surface area contributed by atoms with Crippen LogP contribution in [-0.4, -0.2) is 47.7 Å². The van der Waals surface area contributed by atoms with Crippen molar-refractivity contribution in [2.24, 2.45) is 0 Å². The molecule has 1 aliphatic heterocycles. The summed E-state index contributed by atoms with van der Waals surface area (Å²) >= 11 is 1.65. The van der Waals surface area contributed by atoms with Crippen LogP contribution in [0.4, 0.5) is 5.13 Å². The Labute approximate surface area is 158 Å². The van der Waals surface area contributed by atoms with E-state index in [0.29, 0.717) is 6.04 Å². The molecule has 1 fully saturated rings. The van der Waals surface area contributed by atoms with Crippen LogP contribution in [0.1, 0.15) is 18.4 Å². The number of pyridine rings is 1. The molecule has 1 aromatic carbocycles. The summed E-state index contributed by atoms with van der Waals surface area (Å²) in [6.45, 7) is 3.39. The summed E-state index contributed by atoms with van der Waals surface area (Å²) in [5.41, 5.74) is 2.35. The van der Waals surface area contributed by atoms with Crippen molar-refractivity contribution >= 4 is 26.8 Å². The summed E-state index contributed by atoms with van der Waals surface area (Å²) in [4.78, 5) is 12.6. The molecular formula is C20H24N4OS. The van der Waals surface area contributed by atoms with Crippen LogP contribution >= 0.6 is 11.3 Å². The van der Waals surface area contributed by atoms with Gasteiger partial charge in [0.05, 0.1) is 7.11 Å². The molecule has 26 heavy (non-hydrogen) atoms. The second-order valence-corrected chi connectivity index (χ2v) is 7.68. The van der Waals surface area contributed by atoms with Crippen LogP contribution in [0.3, 0.4) is 0 Å². The molecule has 0 radical (unpaired) electrons. The molecule has 3 heterocycles. The van der Waals surface area contributed by atoms with E-state index < -0.39 is 0 Å². The van der Waals surface area contributed by atoms with Crippen LogP contribution in [-0.2, 0) is 6.42 Å². The fourth-order valence-corrected chi connectivity index (χ4v) is 4.27. The third kappa shape index (κ3) is 4.14. The summed E-state index contributed by atoms with van der Waals surface area (Å²) in [6.07, 6.45) is 5.23. The van der Waals surface area contributed by atoms with E-state index in [-0.39, 0.29) is 0 Å². The normalized spacial score (nSPS) is 16.0. The number of likely N-dealkylation sites (tertiary alicyclic amines) is 1. The largest absolute Gasteiger partial charge is 0.497 e. The van der Waals surface area contributed by atoms with Gasteiger partial charge in [-0.1, -0.05) is 23.5 Å². The van der Waals surface area contributed by atoms with Gasteiger partial charge < -0.3 is 15.0 Å². The van der Waals surface area contributed by atoms with E-state index in [1.165, 1.54) is 5.56 Å². The Kier molecular flexibility index (Phi) is 5.32. The zero-order valence-electron chi connectivity index (χ0n) is 15.0. The third-order valence-corrected chi connectivity index (χ3v) is 5.87. The van der Waals surface area contributed by atoms with Crippen LogP contribution < -0.4 is 10.1 Å². The van der Waals surface area contributed by atoms with Crippen molar-refractivity contribution in [2.75, 3.05) is 32.1 Å². The number of hydrogen-bond acceptors (Lipinski definition) is 6. The monoisotopic (exact) mass is 368 g/mol. The average molecular weight is 369 g/mol. The van der Waals surface area contributed by atoms with E-state index in [0.717, 1.165) is 60.1 Å². The number of fused-ring (bicyclic) bond motifs is 1. The fourth-order valence-electron chi connectivity index (χ4n) is 3.39. The quantitative estimate of drug-likeness (QED) is 0.717. The Balaban J connectivity index is 1.24. The molecule has 136 valence electrons. The molecule has 0 atom stereocenters. The van der Waals surface area contributed by atoms with Gasteiger partial charge in [-0.05, 0) is 49.1 Å². The van der Waals surface area contributed by atoms with Crippen LogP contribution in [0.15, 0.2) is 42.6 Å². The van der Waals surface area contributed by atoms with E-state index in [4.69, 9.17) is 4.74 Å². The SMILES string of the molecule is COc1ccc(CCN2CCC(Nc3nc4cccnc4s3)CC2)cc1. The smallest absolute Gasteiger partial charge is 0.185 e. The molecule has 0 amide bonds. The van der Waals surface area contributed by atoms with Crippen molar-refractivity contribution < 1.29 is 4.74 Å². The molecule has 1 aliphatic rings. The first kappa shape index (κ1) is 17.2. The highest BCUT2D eigenvalue weighted by Crippen LogP contribution is 2.25. The number of anilines is 1. The lowest BCUT2D eigenvalue weighted by Gasteiger charge is -2.32. The molecule has 0 aliphatic carbocycles. The van der Waals surface area contributed by atoms with Crippen molar-refractivity contribution in [3.63, 3.8) is 0 Å². The van der Waals surface area contributed by atoms with E-state index in [2.05, 4.69) is 32.3 Å². The first-order chi connectivity index (χ1) is 12.8. The maximum absolute atomic E-state index is 5.22. The molecule has 4 rings (SSSR count). The highest BCUT2D eigenvalue weighted by molar-refractivity contribution is 7.21. The zero-order chi connectivity index (χ0) is 17.8. The molecule has 0 unspecified atom stereocenters. The molecular weight excluding hydrogens is 344 g/mol. The third-order valence-electron chi connectivity index (χ3n) is 4.96. The fraction of sp³-hybridized carbons (Fsp3) is 0.400. The second-order valence-electron chi connectivity index (χ2n) is 6.71. The number of rotatable bonds is 6. The van der Waals surface area contributed by atoms with Crippen LogP contribution in [0.25, 0.3) is 10.3 Å². The number of aromatic nitrogens is 2. The van der Waals surface area contributed by atoms with Gasteiger partial charge in [-0.2, -0.15) is 0 Å². The lowest BCUT2D eigenvalue weighted by atomic mass is 10.0. The molecule has 5 nitrogen and oxygen atoms in total. The number of nitrogens with zero attached hydrogens (tertiary/aromatic N) is 3. The van der Waals surface area contributed by atoms with Crippen LogP contribution in [0.2, 0.25) is 0 Å². The predicted octanol–water partition coefficient (Wildman–Crippen LogP) is 3.82. The molecule has 0 bridgehead atoms. The Morgan fingerprint density at radius 1 is 1.19 bits per heavy atom. The Bertz CT molecular complexity index is 807. The number of thiazole rings is 1. The van der Waals surface area contributed by atoms with Crippen molar-refractivity contribution in [2.45, 2.75) is 25.3 Å². The molecule has 6 heteroatoms. The summed E-state index contributed by atoms with van der Waals surface area (Å²) in [6, 6.07) is 12.9. The Morgan fingerprint density at radius 2 is 2.00 bits per heavy atom. The van der Waals surface area contributed by atoms with Crippen molar-refractivity contribution in [3.05, 3.63) is 48.2 Å².